The first-order valence-corrected chi connectivity index (χ1v) is 6.76. The van der Waals surface area contributed by atoms with Crippen LogP contribution in [0.25, 0.3) is 0 Å². The lowest BCUT2D eigenvalue weighted by molar-refractivity contribution is -0.146. The Hall–Kier alpha value is -0.160. The van der Waals surface area contributed by atoms with Gasteiger partial charge in [0.05, 0.1) is 12.7 Å². The molecule has 0 radical (unpaired) electrons. The van der Waals surface area contributed by atoms with Crippen molar-refractivity contribution in [3.05, 3.63) is 0 Å². The molecule has 0 amide bonds. The van der Waals surface area contributed by atoms with Crippen molar-refractivity contribution in [3.8, 4) is 0 Å². The molecule has 1 heterocycles. The fraction of sp³-hybridized carbons (Fsp3) is 1.00. The van der Waals surface area contributed by atoms with Gasteiger partial charge in [-0.2, -0.15) is 0 Å². The Bertz CT molecular complexity index is 195. The molecular formula is C13H27NO3. The number of ether oxygens (including phenoxy) is 3. The van der Waals surface area contributed by atoms with Crippen LogP contribution in [0.15, 0.2) is 0 Å². The summed E-state index contributed by atoms with van der Waals surface area (Å²) in [4.78, 5) is 2.46. The van der Waals surface area contributed by atoms with Gasteiger partial charge in [0.25, 0.3) is 0 Å². The minimum absolute atomic E-state index is 0.0599. The van der Waals surface area contributed by atoms with Crippen LogP contribution in [0.1, 0.15) is 34.1 Å². The molecule has 0 aromatic rings. The molecule has 1 aliphatic heterocycles. The third kappa shape index (κ3) is 5.34. The quantitative estimate of drug-likeness (QED) is 0.641. The number of morpholine rings is 1. The predicted octanol–water partition coefficient (Wildman–Crippen LogP) is 1.88. The van der Waals surface area contributed by atoms with Crippen LogP contribution in [-0.4, -0.2) is 56.2 Å². The Labute approximate surface area is 105 Å². The fourth-order valence-electron chi connectivity index (χ4n) is 2.14. The van der Waals surface area contributed by atoms with Crippen LogP contribution in [-0.2, 0) is 14.2 Å². The summed E-state index contributed by atoms with van der Waals surface area (Å²) in [5, 5.41) is 0. The Balaban J connectivity index is 2.30. The Morgan fingerprint density at radius 2 is 1.88 bits per heavy atom. The van der Waals surface area contributed by atoms with Crippen LogP contribution in [0.5, 0.6) is 0 Å². The molecule has 4 heteroatoms. The number of hydrogen-bond acceptors (Lipinski definition) is 4. The Morgan fingerprint density at radius 1 is 1.24 bits per heavy atom. The second-order valence-electron chi connectivity index (χ2n) is 4.62. The lowest BCUT2D eigenvalue weighted by atomic mass is 10.2. The van der Waals surface area contributed by atoms with Gasteiger partial charge in [-0.25, -0.2) is 0 Å². The summed E-state index contributed by atoms with van der Waals surface area (Å²) in [5.41, 5.74) is 0. The van der Waals surface area contributed by atoms with E-state index >= 15 is 0 Å². The van der Waals surface area contributed by atoms with Gasteiger partial charge in [0.15, 0.2) is 6.29 Å². The lowest BCUT2D eigenvalue weighted by Crippen LogP contribution is -2.48. The first-order chi connectivity index (χ1) is 8.17. The van der Waals surface area contributed by atoms with Crippen LogP contribution in [0, 0.1) is 0 Å². The first-order valence-electron chi connectivity index (χ1n) is 6.76. The third-order valence-corrected chi connectivity index (χ3v) is 3.09. The highest BCUT2D eigenvalue weighted by molar-refractivity contribution is 4.75. The highest BCUT2D eigenvalue weighted by Gasteiger charge is 2.23. The molecule has 0 spiro atoms. The summed E-state index contributed by atoms with van der Waals surface area (Å²) in [6, 6.07) is 0.495. The van der Waals surface area contributed by atoms with Gasteiger partial charge in [0.1, 0.15) is 0 Å². The summed E-state index contributed by atoms with van der Waals surface area (Å²) >= 11 is 0. The molecule has 0 bridgehead atoms. The summed E-state index contributed by atoms with van der Waals surface area (Å²) < 4.78 is 16.7. The maximum absolute atomic E-state index is 5.62. The molecule has 0 N–H and O–H groups in total. The van der Waals surface area contributed by atoms with Crippen molar-refractivity contribution >= 4 is 0 Å². The van der Waals surface area contributed by atoms with E-state index in [1.165, 1.54) is 0 Å². The smallest absolute Gasteiger partial charge is 0.158 e. The molecule has 2 unspecified atom stereocenters. The van der Waals surface area contributed by atoms with E-state index in [9.17, 15) is 0 Å². The number of rotatable bonds is 7. The minimum atomic E-state index is -0.0599. The standard InChI is InChI=1S/C13H27NO3/c1-5-15-13(16-6-2)7-8-14-9-12(4)17-10-11(14)3/h11-13H,5-10H2,1-4H3. The van der Waals surface area contributed by atoms with Crippen molar-refractivity contribution in [1.82, 2.24) is 4.90 Å². The lowest BCUT2D eigenvalue weighted by Gasteiger charge is -2.37. The van der Waals surface area contributed by atoms with Gasteiger partial charge >= 0.3 is 0 Å². The molecule has 1 rings (SSSR count). The molecule has 1 fully saturated rings. The van der Waals surface area contributed by atoms with Crippen molar-refractivity contribution in [2.24, 2.45) is 0 Å². The first kappa shape index (κ1) is 14.9. The monoisotopic (exact) mass is 245 g/mol. The van der Waals surface area contributed by atoms with Crippen molar-refractivity contribution < 1.29 is 14.2 Å². The molecule has 0 aromatic carbocycles. The largest absolute Gasteiger partial charge is 0.376 e. The average Bonchev–Trinajstić information content (AvgIpc) is 2.30. The van der Waals surface area contributed by atoms with E-state index in [1.54, 1.807) is 0 Å². The number of nitrogens with zero attached hydrogens (tertiary/aromatic N) is 1. The van der Waals surface area contributed by atoms with Gasteiger partial charge in [0.2, 0.25) is 0 Å². The van der Waals surface area contributed by atoms with Crippen LogP contribution in [0.2, 0.25) is 0 Å². The van der Waals surface area contributed by atoms with Gasteiger partial charge in [-0.1, -0.05) is 0 Å². The van der Waals surface area contributed by atoms with Crippen LogP contribution >= 0.6 is 0 Å². The summed E-state index contributed by atoms with van der Waals surface area (Å²) in [6.45, 7) is 12.6. The number of hydrogen-bond donors (Lipinski definition) is 0. The molecule has 102 valence electrons. The van der Waals surface area contributed by atoms with Gasteiger partial charge in [-0.05, 0) is 27.7 Å². The average molecular weight is 245 g/mol. The normalized spacial score (nSPS) is 26.6. The van der Waals surface area contributed by atoms with Gasteiger partial charge in [-0.3, -0.25) is 4.90 Å². The van der Waals surface area contributed by atoms with E-state index in [1.807, 2.05) is 13.8 Å². The summed E-state index contributed by atoms with van der Waals surface area (Å²) in [7, 11) is 0. The van der Waals surface area contributed by atoms with E-state index in [2.05, 4.69) is 18.7 Å². The highest BCUT2D eigenvalue weighted by Crippen LogP contribution is 2.13. The van der Waals surface area contributed by atoms with E-state index < -0.39 is 0 Å². The van der Waals surface area contributed by atoms with Crippen molar-refractivity contribution in [2.45, 2.75) is 52.6 Å². The van der Waals surface area contributed by atoms with Crippen LogP contribution in [0.4, 0.5) is 0 Å². The predicted molar refractivity (Wildman–Crippen MR) is 68.1 cm³/mol. The Kier molecular flexibility index (Phi) is 7.04. The topological polar surface area (TPSA) is 30.9 Å². The van der Waals surface area contributed by atoms with E-state index in [0.717, 1.165) is 26.1 Å². The molecule has 2 atom stereocenters. The van der Waals surface area contributed by atoms with E-state index in [4.69, 9.17) is 14.2 Å². The maximum Gasteiger partial charge on any atom is 0.158 e. The van der Waals surface area contributed by atoms with E-state index in [0.29, 0.717) is 25.4 Å². The van der Waals surface area contributed by atoms with E-state index in [-0.39, 0.29) is 6.29 Å². The van der Waals surface area contributed by atoms with Gasteiger partial charge < -0.3 is 14.2 Å². The molecule has 0 saturated carbocycles. The third-order valence-electron chi connectivity index (χ3n) is 3.09. The molecule has 1 saturated heterocycles. The molecule has 1 aliphatic rings. The van der Waals surface area contributed by atoms with Crippen molar-refractivity contribution in [2.75, 3.05) is 32.9 Å². The maximum atomic E-state index is 5.62. The van der Waals surface area contributed by atoms with Gasteiger partial charge in [-0.15, -0.1) is 0 Å². The molecule has 4 nitrogen and oxygen atoms in total. The van der Waals surface area contributed by atoms with Crippen molar-refractivity contribution in [1.29, 1.82) is 0 Å². The summed E-state index contributed by atoms with van der Waals surface area (Å²) in [6.07, 6.45) is 1.21. The van der Waals surface area contributed by atoms with Crippen LogP contribution in [0.3, 0.4) is 0 Å². The fourth-order valence-corrected chi connectivity index (χ4v) is 2.14. The second-order valence-corrected chi connectivity index (χ2v) is 4.62. The SMILES string of the molecule is CCOC(CCN1CC(C)OCC1C)OCC. The summed E-state index contributed by atoms with van der Waals surface area (Å²) in [5.74, 6) is 0. The molecule has 0 aromatic heterocycles. The van der Waals surface area contributed by atoms with Gasteiger partial charge in [0, 0.05) is 38.8 Å². The highest BCUT2D eigenvalue weighted by atomic mass is 16.7. The molecule has 0 aliphatic carbocycles. The van der Waals surface area contributed by atoms with Crippen LogP contribution < -0.4 is 0 Å². The zero-order valence-electron chi connectivity index (χ0n) is 11.6. The zero-order chi connectivity index (χ0) is 12.7. The molecule has 17 heavy (non-hydrogen) atoms. The second kappa shape index (κ2) is 8.03. The Morgan fingerprint density at radius 3 is 2.47 bits per heavy atom. The minimum Gasteiger partial charge on any atom is -0.376 e. The molecular weight excluding hydrogens is 218 g/mol. The zero-order valence-corrected chi connectivity index (χ0v) is 11.6. The van der Waals surface area contributed by atoms with Crippen molar-refractivity contribution in [3.63, 3.8) is 0 Å².